The number of hydrogen-bond donors (Lipinski definition) is 1. The summed E-state index contributed by atoms with van der Waals surface area (Å²) < 4.78 is 0. The molecule has 0 spiro atoms. The second-order valence-corrected chi connectivity index (χ2v) is 4.45. The van der Waals surface area contributed by atoms with Gasteiger partial charge in [0, 0.05) is 19.2 Å². The highest BCUT2D eigenvalue weighted by Gasteiger charge is 2.09. The number of nitrogens with two attached hydrogens (primary N) is 1. The standard InChI is InChI=1S/C11H14N4S/c1-15(9-5-3-2-4-6-9)11-14-13-10(16-11)7-8-12/h2-6H,7-8,12H2,1H3. The fourth-order valence-electron chi connectivity index (χ4n) is 1.37. The van der Waals surface area contributed by atoms with Crippen molar-refractivity contribution in [2.45, 2.75) is 6.42 Å². The zero-order chi connectivity index (χ0) is 11.4. The molecule has 0 aliphatic rings. The number of anilines is 2. The van der Waals surface area contributed by atoms with Crippen molar-refractivity contribution in [1.29, 1.82) is 0 Å². The molecular weight excluding hydrogens is 220 g/mol. The maximum absolute atomic E-state index is 5.48. The molecule has 0 aliphatic carbocycles. The minimum Gasteiger partial charge on any atom is -0.330 e. The molecule has 0 bridgehead atoms. The van der Waals surface area contributed by atoms with E-state index in [0.717, 1.165) is 22.2 Å². The Balaban J connectivity index is 2.17. The first-order valence-electron chi connectivity index (χ1n) is 5.12. The normalized spacial score (nSPS) is 10.4. The predicted octanol–water partition coefficient (Wildman–Crippen LogP) is 1.81. The molecule has 4 nitrogen and oxygen atoms in total. The maximum atomic E-state index is 5.48. The Morgan fingerprint density at radius 1 is 1.25 bits per heavy atom. The Kier molecular flexibility index (Phi) is 3.48. The molecule has 0 aliphatic heterocycles. The quantitative estimate of drug-likeness (QED) is 0.876. The summed E-state index contributed by atoms with van der Waals surface area (Å²) in [6, 6.07) is 10.1. The van der Waals surface area contributed by atoms with Crippen LogP contribution in [0.1, 0.15) is 5.01 Å². The zero-order valence-corrected chi connectivity index (χ0v) is 9.94. The summed E-state index contributed by atoms with van der Waals surface area (Å²) in [5.74, 6) is 0. The Morgan fingerprint density at radius 2 is 2.00 bits per heavy atom. The van der Waals surface area contributed by atoms with Crippen molar-refractivity contribution in [1.82, 2.24) is 10.2 Å². The molecule has 0 radical (unpaired) electrons. The minimum absolute atomic E-state index is 0.615. The summed E-state index contributed by atoms with van der Waals surface area (Å²) in [5, 5.41) is 10.1. The molecule has 0 fully saturated rings. The number of aromatic nitrogens is 2. The van der Waals surface area contributed by atoms with Gasteiger partial charge in [0.15, 0.2) is 0 Å². The van der Waals surface area contributed by atoms with E-state index in [9.17, 15) is 0 Å². The van der Waals surface area contributed by atoms with E-state index in [4.69, 9.17) is 5.73 Å². The second-order valence-electron chi connectivity index (χ2n) is 3.41. The zero-order valence-electron chi connectivity index (χ0n) is 9.13. The van der Waals surface area contributed by atoms with Gasteiger partial charge in [-0.05, 0) is 18.7 Å². The van der Waals surface area contributed by atoms with E-state index >= 15 is 0 Å². The van der Waals surface area contributed by atoms with E-state index in [1.54, 1.807) is 11.3 Å². The van der Waals surface area contributed by atoms with Crippen LogP contribution in [0.5, 0.6) is 0 Å². The Bertz CT molecular complexity index is 440. The van der Waals surface area contributed by atoms with Gasteiger partial charge in [0.1, 0.15) is 5.01 Å². The minimum atomic E-state index is 0.615. The first-order valence-corrected chi connectivity index (χ1v) is 5.94. The molecule has 2 aromatic rings. The van der Waals surface area contributed by atoms with E-state index in [1.165, 1.54) is 0 Å². The third-order valence-corrected chi connectivity index (χ3v) is 3.30. The number of rotatable bonds is 4. The van der Waals surface area contributed by atoms with Gasteiger partial charge < -0.3 is 10.6 Å². The molecule has 84 valence electrons. The topological polar surface area (TPSA) is 55.0 Å². The summed E-state index contributed by atoms with van der Waals surface area (Å²) in [6.07, 6.45) is 0.792. The van der Waals surface area contributed by atoms with Crippen LogP contribution in [0.3, 0.4) is 0 Å². The molecule has 0 saturated heterocycles. The molecular formula is C11H14N4S. The molecule has 1 aromatic heterocycles. The molecule has 16 heavy (non-hydrogen) atoms. The van der Waals surface area contributed by atoms with Crippen molar-refractivity contribution in [3.8, 4) is 0 Å². The summed E-state index contributed by atoms with van der Waals surface area (Å²) >= 11 is 1.58. The largest absolute Gasteiger partial charge is 0.330 e. The van der Waals surface area contributed by atoms with Crippen LogP contribution < -0.4 is 10.6 Å². The van der Waals surface area contributed by atoms with Crippen LogP contribution >= 0.6 is 11.3 Å². The van der Waals surface area contributed by atoms with Crippen LogP contribution in [0, 0.1) is 0 Å². The lowest BCUT2D eigenvalue weighted by Crippen LogP contribution is -2.08. The van der Waals surface area contributed by atoms with Crippen molar-refractivity contribution < 1.29 is 0 Å². The van der Waals surface area contributed by atoms with Gasteiger partial charge in [-0.15, -0.1) is 10.2 Å². The molecule has 0 atom stereocenters. The van der Waals surface area contributed by atoms with Gasteiger partial charge in [0.25, 0.3) is 0 Å². The molecule has 0 amide bonds. The third kappa shape index (κ3) is 2.37. The van der Waals surface area contributed by atoms with E-state index in [-0.39, 0.29) is 0 Å². The van der Waals surface area contributed by atoms with Crippen molar-refractivity contribution in [2.24, 2.45) is 5.73 Å². The predicted molar refractivity (Wildman–Crippen MR) is 67.2 cm³/mol. The molecule has 2 rings (SSSR count). The van der Waals surface area contributed by atoms with Crippen molar-refractivity contribution in [3.63, 3.8) is 0 Å². The third-order valence-electron chi connectivity index (χ3n) is 2.24. The molecule has 5 heteroatoms. The Morgan fingerprint density at radius 3 is 2.69 bits per heavy atom. The molecule has 0 saturated carbocycles. The van der Waals surface area contributed by atoms with Gasteiger partial charge in [-0.3, -0.25) is 0 Å². The first kappa shape index (κ1) is 11.0. The molecule has 1 aromatic carbocycles. The lowest BCUT2D eigenvalue weighted by molar-refractivity contribution is 0.908. The fourth-order valence-corrected chi connectivity index (χ4v) is 2.20. The average Bonchev–Trinajstić information content (AvgIpc) is 2.78. The van der Waals surface area contributed by atoms with E-state index in [2.05, 4.69) is 10.2 Å². The van der Waals surface area contributed by atoms with Gasteiger partial charge in [-0.2, -0.15) is 0 Å². The van der Waals surface area contributed by atoms with E-state index < -0.39 is 0 Å². The van der Waals surface area contributed by atoms with Gasteiger partial charge >= 0.3 is 0 Å². The average molecular weight is 234 g/mol. The van der Waals surface area contributed by atoms with Crippen molar-refractivity contribution in [2.75, 3.05) is 18.5 Å². The second kappa shape index (κ2) is 5.05. The fraction of sp³-hybridized carbons (Fsp3) is 0.273. The summed E-state index contributed by atoms with van der Waals surface area (Å²) in [7, 11) is 1.99. The SMILES string of the molecule is CN(c1ccccc1)c1nnc(CCN)s1. The summed E-state index contributed by atoms with van der Waals surface area (Å²) in [6.45, 7) is 0.615. The summed E-state index contributed by atoms with van der Waals surface area (Å²) in [5.41, 5.74) is 6.59. The Hall–Kier alpha value is -1.46. The molecule has 2 N–H and O–H groups in total. The Labute approximate surface area is 98.7 Å². The van der Waals surface area contributed by atoms with Gasteiger partial charge in [-0.1, -0.05) is 29.5 Å². The smallest absolute Gasteiger partial charge is 0.212 e. The monoisotopic (exact) mass is 234 g/mol. The van der Waals surface area contributed by atoms with Crippen LogP contribution in [0.15, 0.2) is 30.3 Å². The van der Waals surface area contributed by atoms with E-state index in [1.807, 2.05) is 42.3 Å². The van der Waals surface area contributed by atoms with Gasteiger partial charge in [0.05, 0.1) is 0 Å². The van der Waals surface area contributed by atoms with Crippen LogP contribution in [0.25, 0.3) is 0 Å². The lowest BCUT2D eigenvalue weighted by Gasteiger charge is -2.14. The number of benzene rings is 1. The van der Waals surface area contributed by atoms with Gasteiger partial charge in [0.2, 0.25) is 5.13 Å². The van der Waals surface area contributed by atoms with Crippen molar-refractivity contribution in [3.05, 3.63) is 35.3 Å². The lowest BCUT2D eigenvalue weighted by atomic mass is 10.3. The van der Waals surface area contributed by atoms with Crippen LogP contribution in [-0.4, -0.2) is 23.8 Å². The van der Waals surface area contributed by atoms with Crippen LogP contribution in [0.4, 0.5) is 10.8 Å². The van der Waals surface area contributed by atoms with Crippen LogP contribution in [0.2, 0.25) is 0 Å². The van der Waals surface area contributed by atoms with Crippen molar-refractivity contribution >= 4 is 22.2 Å². The number of para-hydroxylation sites is 1. The highest BCUT2D eigenvalue weighted by atomic mass is 32.1. The molecule has 0 unspecified atom stereocenters. The first-order chi connectivity index (χ1) is 7.81. The number of nitrogens with zero attached hydrogens (tertiary/aromatic N) is 3. The maximum Gasteiger partial charge on any atom is 0.212 e. The van der Waals surface area contributed by atoms with Gasteiger partial charge in [-0.25, -0.2) is 0 Å². The van der Waals surface area contributed by atoms with E-state index in [0.29, 0.717) is 6.54 Å². The van der Waals surface area contributed by atoms with Crippen LogP contribution in [-0.2, 0) is 6.42 Å². The summed E-state index contributed by atoms with van der Waals surface area (Å²) in [4.78, 5) is 2.03. The highest BCUT2D eigenvalue weighted by Crippen LogP contribution is 2.26. The molecule has 1 heterocycles. The number of hydrogen-bond acceptors (Lipinski definition) is 5. The highest BCUT2D eigenvalue weighted by molar-refractivity contribution is 7.15.